The predicted octanol–water partition coefficient (Wildman–Crippen LogP) is 3.76. The van der Waals surface area contributed by atoms with Crippen LogP contribution in [0.3, 0.4) is 0 Å². The third kappa shape index (κ3) is 2.23. The van der Waals surface area contributed by atoms with Crippen molar-refractivity contribution in [2.45, 2.75) is 6.42 Å². The second-order valence-electron chi connectivity index (χ2n) is 3.33. The van der Waals surface area contributed by atoms with E-state index in [1.165, 1.54) is 0 Å². The van der Waals surface area contributed by atoms with Crippen LogP contribution in [-0.2, 0) is 0 Å². The highest BCUT2D eigenvalue weighted by Gasteiger charge is 2.08. The average Bonchev–Trinajstić information content (AvgIpc) is 2.18. The van der Waals surface area contributed by atoms with Crippen molar-refractivity contribution in [1.29, 1.82) is 0 Å². The van der Waals surface area contributed by atoms with Gasteiger partial charge in [0, 0.05) is 28.8 Å². The summed E-state index contributed by atoms with van der Waals surface area (Å²) in [5.74, 6) is 0. The topological polar surface area (TPSA) is 3.24 Å². The summed E-state index contributed by atoms with van der Waals surface area (Å²) in [7, 11) is 0. The lowest BCUT2D eigenvalue weighted by atomic mass is 10.2. The summed E-state index contributed by atoms with van der Waals surface area (Å²) >= 11 is 11.9. The number of nitrogens with zero attached hydrogens (tertiary/aromatic N) is 1. The maximum absolute atomic E-state index is 5.94. The molecule has 0 aliphatic carbocycles. The smallest absolute Gasteiger partial charge is 0.0441 e. The van der Waals surface area contributed by atoms with Crippen molar-refractivity contribution in [3.05, 3.63) is 40.4 Å². The molecule has 0 N–H and O–H groups in total. The molecule has 0 spiro atoms. The molecule has 0 saturated carbocycles. The van der Waals surface area contributed by atoms with Crippen molar-refractivity contribution in [2.24, 2.45) is 0 Å². The SMILES string of the molecule is Clc1cc(Cl)cc(N2CC=CCC2)c1. The van der Waals surface area contributed by atoms with Gasteiger partial charge in [-0.15, -0.1) is 0 Å². The van der Waals surface area contributed by atoms with Gasteiger partial charge >= 0.3 is 0 Å². The molecule has 1 aliphatic rings. The largest absolute Gasteiger partial charge is 0.367 e. The number of benzene rings is 1. The van der Waals surface area contributed by atoms with Gasteiger partial charge in [-0.05, 0) is 24.6 Å². The molecule has 3 heteroatoms. The fraction of sp³-hybridized carbons (Fsp3) is 0.273. The van der Waals surface area contributed by atoms with Gasteiger partial charge in [0.25, 0.3) is 0 Å². The maximum atomic E-state index is 5.94. The van der Waals surface area contributed by atoms with E-state index in [1.807, 2.05) is 12.1 Å². The van der Waals surface area contributed by atoms with E-state index < -0.39 is 0 Å². The van der Waals surface area contributed by atoms with Gasteiger partial charge in [-0.25, -0.2) is 0 Å². The van der Waals surface area contributed by atoms with Crippen molar-refractivity contribution in [1.82, 2.24) is 0 Å². The molecule has 1 nitrogen and oxygen atoms in total. The number of hydrogen-bond acceptors (Lipinski definition) is 1. The highest BCUT2D eigenvalue weighted by atomic mass is 35.5. The Kier molecular flexibility index (Phi) is 2.99. The quantitative estimate of drug-likeness (QED) is 0.661. The number of halogens is 2. The van der Waals surface area contributed by atoms with E-state index in [2.05, 4.69) is 17.1 Å². The van der Waals surface area contributed by atoms with Crippen molar-refractivity contribution in [2.75, 3.05) is 18.0 Å². The minimum atomic E-state index is 0.696. The van der Waals surface area contributed by atoms with Gasteiger partial charge < -0.3 is 4.90 Å². The normalized spacial score (nSPS) is 16.0. The van der Waals surface area contributed by atoms with Crippen LogP contribution >= 0.6 is 23.2 Å². The van der Waals surface area contributed by atoms with Crippen LogP contribution in [0.25, 0.3) is 0 Å². The van der Waals surface area contributed by atoms with Crippen LogP contribution in [0.2, 0.25) is 10.0 Å². The van der Waals surface area contributed by atoms with Gasteiger partial charge in [0.1, 0.15) is 0 Å². The van der Waals surface area contributed by atoms with Crippen LogP contribution in [0.15, 0.2) is 30.4 Å². The highest BCUT2D eigenvalue weighted by Crippen LogP contribution is 2.26. The molecule has 74 valence electrons. The van der Waals surface area contributed by atoms with Crippen LogP contribution in [0.4, 0.5) is 5.69 Å². The van der Waals surface area contributed by atoms with Gasteiger partial charge in [0.05, 0.1) is 0 Å². The van der Waals surface area contributed by atoms with E-state index in [0.717, 1.165) is 25.2 Å². The molecular weight excluding hydrogens is 217 g/mol. The molecule has 0 saturated heterocycles. The van der Waals surface area contributed by atoms with Crippen LogP contribution in [0.1, 0.15) is 6.42 Å². The first-order valence-corrected chi connectivity index (χ1v) is 5.37. The van der Waals surface area contributed by atoms with Gasteiger partial charge in [0.15, 0.2) is 0 Å². The lowest BCUT2D eigenvalue weighted by Crippen LogP contribution is -2.26. The number of hydrogen-bond donors (Lipinski definition) is 0. The first kappa shape index (κ1) is 9.88. The fourth-order valence-corrected chi connectivity index (χ4v) is 2.11. The minimum absolute atomic E-state index is 0.696. The zero-order chi connectivity index (χ0) is 9.97. The summed E-state index contributed by atoms with van der Waals surface area (Å²) in [5, 5.41) is 1.39. The number of rotatable bonds is 1. The Balaban J connectivity index is 2.26. The molecule has 1 aromatic rings. The molecule has 1 heterocycles. The summed E-state index contributed by atoms with van der Waals surface area (Å²) in [6, 6.07) is 5.66. The Hall–Kier alpha value is -0.660. The average molecular weight is 228 g/mol. The van der Waals surface area contributed by atoms with Crippen molar-refractivity contribution in [3.8, 4) is 0 Å². The summed E-state index contributed by atoms with van der Waals surface area (Å²) in [6.45, 7) is 1.98. The third-order valence-corrected chi connectivity index (χ3v) is 2.71. The first-order chi connectivity index (χ1) is 6.75. The lowest BCUT2D eigenvalue weighted by molar-refractivity contribution is 0.821. The molecule has 1 aliphatic heterocycles. The molecule has 0 fully saturated rings. The molecule has 1 aromatic carbocycles. The van der Waals surface area contributed by atoms with E-state index in [0.29, 0.717) is 10.0 Å². The first-order valence-electron chi connectivity index (χ1n) is 4.62. The summed E-state index contributed by atoms with van der Waals surface area (Å²) in [4.78, 5) is 2.26. The maximum Gasteiger partial charge on any atom is 0.0441 e. The molecular formula is C11H11Cl2N. The van der Waals surface area contributed by atoms with Gasteiger partial charge in [-0.2, -0.15) is 0 Å². The van der Waals surface area contributed by atoms with Gasteiger partial charge in [0.2, 0.25) is 0 Å². The molecule has 0 atom stereocenters. The summed E-state index contributed by atoms with van der Waals surface area (Å²) in [5.41, 5.74) is 1.10. The van der Waals surface area contributed by atoms with E-state index in [1.54, 1.807) is 6.07 Å². The molecule has 2 rings (SSSR count). The molecule has 0 bridgehead atoms. The van der Waals surface area contributed by atoms with E-state index in [-0.39, 0.29) is 0 Å². The summed E-state index contributed by atoms with van der Waals surface area (Å²) < 4.78 is 0. The second-order valence-corrected chi connectivity index (χ2v) is 4.21. The molecule has 0 unspecified atom stereocenters. The zero-order valence-electron chi connectivity index (χ0n) is 7.71. The summed E-state index contributed by atoms with van der Waals surface area (Å²) in [6.07, 6.45) is 5.45. The van der Waals surface area contributed by atoms with Crippen LogP contribution < -0.4 is 4.90 Å². The molecule has 0 radical (unpaired) electrons. The van der Waals surface area contributed by atoms with Crippen LogP contribution in [0.5, 0.6) is 0 Å². The number of anilines is 1. The van der Waals surface area contributed by atoms with E-state index in [9.17, 15) is 0 Å². The molecule has 0 amide bonds. The van der Waals surface area contributed by atoms with E-state index in [4.69, 9.17) is 23.2 Å². The third-order valence-electron chi connectivity index (χ3n) is 2.27. The van der Waals surface area contributed by atoms with Crippen molar-refractivity contribution in [3.63, 3.8) is 0 Å². The van der Waals surface area contributed by atoms with Gasteiger partial charge in [-0.1, -0.05) is 35.4 Å². The molecule has 14 heavy (non-hydrogen) atoms. The Morgan fingerprint density at radius 3 is 2.29 bits per heavy atom. The Morgan fingerprint density at radius 2 is 1.71 bits per heavy atom. The Bertz CT molecular complexity index is 340. The van der Waals surface area contributed by atoms with Crippen molar-refractivity contribution < 1.29 is 0 Å². The fourth-order valence-electron chi connectivity index (χ4n) is 1.60. The second kappa shape index (κ2) is 4.24. The van der Waals surface area contributed by atoms with Crippen LogP contribution in [-0.4, -0.2) is 13.1 Å². The zero-order valence-corrected chi connectivity index (χ0v) is 9.22. The monoisotopic (exact) mass is 227 g/mol. The lowest BCUT2D eigenvalue weighted by Gasteiger charge is -2.25. The minimum Gasteiger partial charge on any atom is -0.367 e. The van der Waals surface area contributed by atoms with E-state index >= 15 is 0 Å². The van der Waals surface area contributed by atoms with Gasteiger partial charge in [-0.3, -0.25) is 0 Å². The van der Waals surface area contributed by atoms with Crippen molar-refractivity contribution >= 4 is 28.9 Å². The van der Waals surface area contributed by atoms with Crippen LogP contribution in [0, 0.1) is 0 Å². The highest BCUT2D eigenvalue weighted by molar-refractivity contribution is 6.35. The molecule has 0 aromatic heterocycles. The standard InChI is InChI=1S/C11H11Cl2N/c12-9-6-10(13)8-11(7-9)14-4-2-1-3-5-14/h1-2,6-8H,3-5H2. The Morgan fingerprint density at radius 1 is 1.00 bits per heavy atom. The predicted molar refractivity (Wildman–Crippen MR) is 62.4 cm³/mol. The Labute approximate surface area is 93.9 Å².